The average Bonchev–Trinajstić information content (AvgIpc) is 2.89. The van der Waals surface area contributed by atoms with E-state index in [-0.39, 0.29) is 0 Å². The van der Waals surface area contributed by atoms with Crippen LogP contribution in [0.1, 0.15) is 0 Å². The molecule has 0 saturated heterocycles. The molecule has 0 N–H and O–H groups in total. The minimum Gasteiger partial charge on any atom is -0.0622 e. The van der Waals surface area contributed by atoms with Crippen LogP contribution in [0, 0.1) is 0 Å². The fourth-order valence-corrected chi connectivity index (χ4v) is 5.34. The lowest BCUT2D eigenvalue weighted by molar-refractivity contribution is 1.46. The molecule has 0 atom stereocenters. The van der Waals surface area contributed by atoms with Gasteiger partial charge in [-0.2, -0.15) is 0 Å². The topological polar surface area (TPSA) is 0 Å². The van der Waals surface area contributed by atoms with Gasteiger partial charge in [0.2, 0.25) is 0 Å². The minimum atomic E-state index is 1.30. The Balaban J connectivity index is 1.82. The van der Waals surface area contributed by atoms with Crippen molar-refractivity contribution in [2.75, 3.05) is 0 Å². The van der Waals surface area contributed by atoms with E-state index in [4.69, 9.17) is 0 Å². The van der Waals surface area contributed by atoms with E-state index >= 15 is 0 Å². The Morgan fingerprint density at radius 3 is 2.22 bits per heavy atom. The Hall–Kier alpha value is -1.16. The summed E-state index contributed by atoms with van der Waals surface area (Å²) in [4.78, 5) is 2.64. The molecule has 0 aliphatic heterocycles. The number of hydrogen-bond donors (Lipinski definition) is 0. The van der Waals surface area contributed by atoms with Crippen molar-refractivity contribution >= 4 is 32.4 Å². The van der Waals surface area contributed by atoms with Crippen molar-refractivity contribution in [3.05, 3.63) is 66.7 Å². The predicted molar refractivity (Wildman–Crippen MR) is 82.6 cm³/mol. The van der Waals surface area contributed by atoms with Gasteiger partial charge in [0.25, 0.3) is 4.21 Å². The molecule has 2 aromatic carbocycles. The maximum Gasteiger partial charge on any atom is 0.308 e. The third kappa shape index (κ3) is 2.80. The molecule has 18 heavy (non-hydrogen) atoms. The lowest BCUT2D eigenvalue weighted by atomic mass is 10.2. The zero-order chi connectivity index (χ0) is 12.2. The van der Waals surface area contributed by atoms with Crippen LogP contribution in [-0.4, -0.2) is 0 Å². The lowest BCUT2D eigenvalue weighted by Gasteiger charge is -1.92. The quantitative estimate of drug-likeness (QED) is 0.426. The summed E-state index contributed by atoms with van der Waals surface area (Å²) in [5.41, 5.74) is 1.30. The van der Waals surface area contributed by atoms with Gasteiger partial charge in [0.1, 0.15) is 0 Å². The maximum atomic E-state index is 2.28. The molecule has 1 aromatic heterocycles. The SMILES string of the molecule is c1ccc(Sc2cc(-c3ccccc3)s[s+]2)cc1. The van der Waals surface area contributed by atoms with Gasteiger partial charge >= 0.3 is 10.3 Å². The first-order valence-electron chi connectivity index (χ1n) is 5.63. The van der Waals surface area contributed by atoms with Crippen LogP contribution in [0.4, 0.5) is 0 Å². The van der Waals surface area contributed by atoms with E-state index in [1.54, 1.807) is 0 Å². The summed E-state index contributed by atoms with van der Waals surface area (Å²) in [6.07, 6.45) is 0. The molecule has 0 bridgehead atoms. The number of rotatable bonds is 3. The molecule has 88 valence electrons. The van der Waals surface area contributed by atoms with E-state index in [0.29, 0.717) is 0 Å². The molecule has 0 saturated carbocycles. The van der Waals surface area contributed by atoms with Crippen LogP contribution in [0.15, 0.2) is 75.8 Å². The fraction of sp³-hybridized carbons (Fsp3) is 0. The van der Waals surface area contributed by atoms with Crippen molar-refractivity contribution < 1.29 is 0 Å². The smallest absolute Gasteiger partial charge is 0.0622 e. The normalized spacial score (nSPS) is 10.4. The van der Waals surface area contributed by atoms with Gasteiger partial charge in [-0.05, 0) is 29.5 Å². The van der Waals surface area contributed by atoms with E-state index in [2.05, 4.69) is 66.7 Å². The van der Waals surface area contributed by atoms with Gasteiger partial charge in [-0.1, -0.05) is 48.5 Å². The summed E-state index contributed by atoms with van der Waals surface area (Å²) >= 11 is 1.83. The largest absolute Gasteiger partial charge is 0.308 e. The monoisotopic (exact) mass is 287 g/mol. The summed E-state index contributed by atoms with van der Waals surface area (Å²) in [6, 6.07) is 23.3. The van der Waals surface area contributed by atoms with Crippen LogP contribution in [0.3, 0.4) is 0 Å². The number of benzene rings is 2. The Labute approximate surface area is 118 Å². The Bertz CT molecular complexity index is 615. The Morgan fingerprint density at radius 2 is 1.50 bits per heavy atom. The Kier molecular flexibility index (Phi) is 3.74. The third-order valence-corrected chi connectivity index (χ3v) is 6.35. The summed E-state index contributed by atoms with van der Waals surface area (Å²) in [5.74, 6) is 0. The van der Waals surface area contributed by atoms with Gasteiger partial charge in [0.05, 0.1) is 4.88 Å². The van der Waals surface area contributed by atoms with Crippen LogP contribution in [0.25, 0.3) is 10.4 Å². The van der Waals surface area contributed by atoms with E-state index in [1.807, 2.05) is 32.4 Å². The minimum absolute atomic E-state index is 1.30. The zero-order valence-corrected chi connectivity index (χ0v) is 12.0. The van der Waals surface area contributed by atoms with E-state index < -0.39 is 0 Å². The highest BCUT2D eigenvalue weighted by molar-refractivity contribution is 8.02. The molecule has 3 aromatic rings. The van der Waals surface area contributed by atoms with Crippen LogP contribution in [0.5, 0.6) is 0 Å². The van der Waals surface area contributed by atoms with Crippen LogP contribution in [-0.2, 0) is 0 Å². The molecule has 0 unspecified atom stereocenters. The molecule has 0 amide bonds. The van der Waals surface area contributed by atoms with Gasteiger partial charge in [-0.25, -0.2) is 0 Å². The van der Waals surface area contributed by atoms with Crippen molar-refractivity contribution in [1.82, 2.24) is 0 Å². The molecule has 0 radical (unpaired) electrons. The van der Waals surface area contributed by atoms with E-state index in [1.165, 1.54) is 19.5 Å². The van der Waals surface area contributed by atoms with Gasteiger partial charge in [-0.15, -0.1) is 0 Å². The standard InChI is InChI=1S/C15H11S3/c1-3-7-12(8-4-1)14-11-15(18-17-14)16-13-9-5-2-6-10-13/h1-11H/q+1. The molecule has 0 fully saturated rings. The summed E-state index contributed by atoms with van der Waals surface area (Å²) in [6.45, 7) is 0. The molecule has 0 spiro atoms. The highest BCUT2D eigenvalue weighted by Crippen LogP contribution is 2.39. The van der Waals surface area contributed by atoms with Gasteiger partial charge < -0.3 is 0 Å². The molecule has 3 heteroatoms. The molecular weight excluding hydrogens is 276 g/mol. The van der Waals surface area contributed by atoms with Crippen molar-refractivity contribution in [3.63, 3.8) is 0 Å². The third-order valence-electron chi connectivity index (χ3n) is 2.48. The average molecular weight is 287 g/mol. The van der Waals surface area contributed by atoms with Gasteiger partial charge in [-0.3, -0.25) is 0 Å². The second-order valence-corrected chi connectivity index (χ2v) is 7.36. The summed E-state index contributed by atoms with van der Waals surface area (Å²) in [5, 5.41) is 0. The molecule has 0 nitrogen and oxygen atoms in total. The summed E-state index contributed by atoms with van der Waals surface area (Å²) < 4.78 is 1.35. The first kappa shape index (κ1) is 11.9. The van der Waals surface area contributed by atoms with Crippen LogP contribution in [0.2, 0.25) is 0 Å². The molecule has 1 heterocycles. The predicted octanol–water partition coefficient (Wildman–Crippen LogP) is 5.91. The van der Waals surface area contributed by atoms with E-state index in [0.717, 1.165) is 0 Å². The Morgan fingerprint density at radius 1 is 0.833 bits per heavy atom. The molecule has 0 aliphatic carbocycles. The number of hydrogen-bond acceptors (Lipinski definition) is 2. The maximum absolute atomic E-state index is 2.28. The van der Waals surface area contributed by atoms with Crippen molar-refractivity contribution in [1.29, 1.82) is 0 Å². The molecule has 3 rings (SSSR count). The second-order valence-electron chi connectivity index (χ2n) is 3.78. The van der Waals surface area contributed by atoms with Crippen LogP contribution >= 0.6 is 32.4 Å². The first-order chi connectivity index (χ1) is 8.92. The molecule has 0 aliphatic rings. The summed E-state index contributed by atoms with van der Waals surface area (Å²) in [7, 11) is 3.69. The highest BCUT2D eigenvalue weighted by atomic mass is 32.9. The van der Waals surface area contributed by atoms with Gasteiger partial charge in [0, 0.05) is 11.0 Å². The first-order valence-corrected chi connectivity index (χ1v) is 8.60. The van der Waals surface area contributed by atoms with E-state index in [9.17, 15) is 0 Å². The second kappa shape index (κ2) is 5.65. The zero-order valence-electron chi connectivity index (χ0n) is 9.58. The van der Waals surface area contributed by atoms with Crippen molar-refractivity contribution in [3.8, 4) is 10.4 Å². The lowest BCUT2D eigenvalue weighted by Crippen LogP contribution is -1.69. The fourth-order valence-electron chi connectivity index (χ4n) is 1.63. The van der Waals surface area contributed by atoms with Crippen molar-refractivity contribution in [2.24, 2.45) is 0 Å². The highest BCUT2D eigenvalue weighted by Gasteiger charge is 2.15. The van der Waals surface area contributed by atoms with Crippen molar-refractivity contribution in [2.45, 2.75) is 9.10 Å². The molecular formula is C15H11S3+. The van der Waals surface area contributed by atoms with Gasteiger partial charge in [0.15, 0.2) is 10.3 Å². The van der Waals surface area contributed by atoms with Crippen LogP contribution < -0.4 is 0 Å².